The summed E-state index contributed by atoms with van der Waals surface area (Å²) in [5.41, 5.74) is 6.93. The standard InChI is InChI=1S/C16H17Br2NO2/c1-11(19)15-6-5-13(18)10-16(15)21-8-7-20-14-4-2-3-12(17)9-14/h2-6,9-11H,7-8,19H2,1H3/t11-/m1/s1. The van der Waals surface area contributed by atoms with Crippen molar-refractivity contribution in [3.8, 4) is 11.5 Å². The SMILES string of the molecule is C[C@@H](N)c1ccc(Br)cc1OCCOc1cccc(Br)c1. The average molecular weight is 415 g/mol. The Labute approximate surface area is 141 Å². The van der Waals surface area contributed by atoms with Gasteiger partial charge in [0.05, 0.1) is 0 Å². The van der Waals surface area contributed by atoms with E-state index >= 15 is 0 Å². The lowest BCUT2D eigenvalue weighted by Gasteiger charge is -2.15. The summed E-state index contributed by atoms with van der Waals surface area (Å²) in [6.45, 7) is 2.87. The minimum Gasteiger partial charge on any atom is -0.490 e. The topological polar surface area (TPSA) is 44.5 Å². The highest BCUT2D eigenvalue weighted by Gasteiger charge is 2.08. The van der Waals surface area contributed by atoms with E-state index < -0.39 is 0 Å². The van der Waals surface area contributed by atoms with E-state index in [9.17, 15) is 0 Å². The van der Waals surface area contributed by atoms with Gasteiger partial charge in [-0.05, 0) is 37.3 Å². The van der Waals surface area contributed by atoms with Gasteiger partial charge in [0, 0.05) is 20.6 Å². The Morgan fingerprint density at radius 3 is 2.43 bits per heavy atom. The van der Waals surface area contributed by atoms with Crippen LogP contribution < -0.4 is 15.2 Å². The molecule has 1 atom stereocenters. The normalized spacial score (nSPS) is 12.0. The van der Waals surface area contributed by atoms with Crippen molar-refractivity contribution in [3.05, 3.63) is 57.0 Å². The minimum atomic E-state index is -0.0703. The molecule has 0 aliphatic carbocycles. The summed E-state index contributed by atoms with van der Waals surface area (Å²) in [5.74, 6) is 1.60. The Bertz CT molecular complexity index is 603. The van der Waals surface area contributed by atoms with E-state index in [0.29, 0.717) is 13.2 Å². The van der Waals surface area contributed by atoms with Crippen molar-refractivity contribution in [2.24, 2.45) is 5.73 Å². The van der Waals surface area contributed by atoms with Crippen molar-refractivity contribution in [2.45, 2.75) is 13.0 Å². The van der Waals surface area contributed by atoms with Crippen LogP contribution in [0.3, 0.4) is 0 Å². The quantitative estimate of drug-likeness (QED) is 0.697. The molecular formula is C16H17Br2NO2. The number of halogens is 2. The molecule has 0 aromatic heterocycles. The molecule has 2 aromatic carbocycles. The molecule has 2 rings (SSSR count). The third kappa shape index (κ3) is 5.02. The number of benzene rings is 2. The summed E-state index contributed by atoms with van der Waals surface area (Å²) in [7, 11) is 0. The van der Waals surface area contributed by atoms with Gasteiger partial charge >= 0.3 is 0 Å². The molecule has 21 heavy (non-hydrogen) atoms. The summed E-state index contributed by atoms with van der Waals surface area (Å²) >= 11 is 6.85. The third-order valence-corrected chi connectivity index (χ3v) is 3.86. The highest BCUT2D eigenvalue weighted by atomic mass is 79.9. The largest absolute Gasteiger partial charge is 0.490 e. The van der Waals surface area contributed by atoms with Crippen molar-refractivity contribution < 1.29 is 9.47 Å². The molecule has 2 N–H and O–H groups in total. The van der Waals surface area contributed by atoms with Gasteiger partial charge < -0.3 is 15.2 Å². The molecule has 0 unspecified atom stereocenters. The molecule has 3 nitrogen and oxygen atoms in total. The van der Waals surface area contributed by atoms with Gasteiger partial charge in [-0.15, -0.1) is 0 Å². The second kappa shape index (κ2) is 7.82. The molecule has 0 saturated heterocycles. The first-order chi connectivity index (χ1) is 10.1. The van der Waals surface area contributed by atoms with E-state index in [1.165, 1.54) is 0 Å². The van der Waals surface area contributed by atoms with Gasteiger partial charge in [-0.2, -0.15) is 0 Å². The minimum absolute atomic E-state index is 0.0703. The highest BCUT2D eigenvalue weighted by molar-refractivity contribution is 9.10. The Kier molecular flexibility index (Phi) is 6.08. The lowest BCUT2D eigenvalue weighted by atomic mass is 10.1. The number of hydrogen-bond acceptors (Lipinski definition) is 3. The molecule has 0 fully saturated rings. The molecule has 0 aliphatic heterocycles. The van der Waals surface area contributed by atoms with Crippen LogP contribution in [0, 0.1) is 0 Å². The Balaban J connectivity index is 1.90. The summed E-state index contributed by atoms with van der Waals surface area (Å²) in [6, 6.07) is 13.5. The van der Waals surface area contributed by atoms with Crippen molar-refractivity contribution >= 4 is 31.9 Å². The fourth-order valence-electron chi connectivity index (χ4n) is 1.88. The Morgan fingerprint density at radius 1 is 1.00 bits per heavy atom. The maximum Gasteiger partial charge on any atom is 0.125 e. The van der Waals surface area contributed by atoms with Crippen molar-refractivity contribution in [3.63, 3.8) is 0 Å². The molecule has 0 amide bonds. The van der Waals surface area contributed by atoms with Gasteiger partial charge in [-0.1, -0.05) is 44.0 Å². The summed E-state index contributed by atoms with van der Waals surface area (Å²) in [5, 5.41) is 0. The predicted octanol–water partition coefficient (Wildman–Crippen LogP) is 4.69. The van der Waals surface area contributed by atoms with Crippen LogP contribution in [0.15, 0.2) is 51.4 Å². The molecule has 0 aliphatic rings. The van der Waals surface area contributed by atoms with Crippen molar-refractivity contribution in [1.82, 2.24) is 0 Å². The summed E-state index contributed by atoms with van der Waals surface area (Å²) < 4.78 is 13.4. The fourth-order valence-corrected chi connectivity index (χ4v) is 2.60. The van der Waals surface area contributed by atoms with Gasteiger partial charge in [-0.3, -0.25) is 0 Å². The van der Waals surface area contributed by atoms with Gasteiger partial charge in [0.25, 0.3) is 0 Å². The highest BCUT2D eigenvalue weighted by Crippen LogP contribution is 2.27. The van der Waals surface area contributed by atoms with Crippen molar-refractivity contribution in [1.29, 1.82) is 0 Å². The number of nitrogens with two attached hydrogens (primary N) is 1. The maximum atomic E-state index is 5.94. The molecule has 5 heteroatoms. The van der Waals surface area contributed by atoms with Crippen LogP contribution in [0.25, 0.3) is 0 Å². The van der Waals surface area contributed by atoms with Crippen LogP contribution in [-0.2, 0) is 0 Å². The molecule has 0 radical (unpaired) electrons. The predicted molar refractivity (Wildman–Crippen MR) is 91.9 cm³/mol. The first kappa shape index (κ1) is 16.3. The van der Waals surface area contributed by atoms with E-state index in [0.717, 1.165) is 26.0 Å². The van der Waals surface area contributed by atoms with Gasteiger partial charge in [0.15, 0.2) is 0 Å². The second-order valence-electron chi connectivity index (χ2n) is 4.63. The molecule has 0 bridgehead atoms. The van der Waals surface area contributed by atoms with Crippen LogP contribution in [0.4, 0.5) is 0 Å². The Hall–Kier alpha value is -1.04. The first-order valence-electron chi connectivity index (χ1n) is 6.62. The zero-order chi connectivity index (χ0) is 15.2. The molecule has 0 saturated carbocycles. The first-order valence-corrected chi connectivity index (χ1v) is 8.21. The van der Waals surface area contributed by atoms with E-state index in [4.69, 9.17) is 15.2 Å². The van der Waals surface area contributed by atoms with Crippen LogP contribution in [-0.4, -0.2) is 13.2 Å². The fraction of sp³-hybridized carbons (Fsp3) is 0.250. The van der Waals surface area contributed by atoms with E-state index in [1.807, 2.05) is 49.4 Å². The van der Waals surface area contributed by atoms with Crippen molar-refractivity contribution in [2.75, 3.05) is 13.2 Å². The summed E-state index contributed by atoms with van der Waals surface area (Å²) in [4.78, 5) is 0. The second-order valence-corrected chi connectivity index (χ2v) is 6.46. The molecular weight excluding hydrogens is 398 g/mol. The lowest BCUT2D eigenvalue weighted by molar-refractivity contribution is 0.215. The molecule has 0 heterocycles. The third-order valence-electron chi connectivity index (χ3n) is 2.87. The average Bonchev–Trinajstić information content (AvgIpc) is 2.43. The van der Waals surface area contributed by atoms with Gasteiger partial charge in [0.2, 0.25) is 0 Å². The lowest BCUT2D eigenvalue weighted by Crippen LogP contribution is -2.12. The number of rotatable bonds is 6. The zero-order valence-electron chi connectivity index (χ0n) is 11.7. The number of ether oxygens (including phenoxy) is 2. The molecule has 0 spiro atoms. The van der Waals surface area contributed by atoms with Crippen LogP contribution in [0.5, 0.6) is 11.5 Å². The summed E-state index contributed by atoms with van der Waals surface area (Å²) in [6.07, 6.45) is 0. The maximum absolute atomic E-state index is 5.94. The monoisotopic (exact) mass is 413 g/mol. The molecule has 2 aromatic rings. The smallest absolute Gasteiger partial charge is 0.125 e. The van der Waals surface area contributed by atoms with Crippen LogP contribution in [0.2, 0.25) is 0 Å². The van der Waals surface area contributed by atoms with Crippen LogP contribution >= 0.6 is 31.9 Å². The van der Waals surface area contributed by atoms with Gasteiger partial charge in [-0.25, -0.2) is 0 Å². The Morgan fingerprint density at radius 2 is 1.71 bits per heavy atom. The van der Waals surface area contributed by atoms with Gasteiger partial charge in [0.1, 0.15) is 24.7 Å². The zero-order valence-corrected chi connectivity index (χ0v) is 14.9. The van der Waals surface area contributed by atoms with E-state index in [1.54, 1.807) is 0 Å². The van der Waals surface area contributed by atoms with E-state index in [-0.39, 0.29) is 6.04 Å². The van der Waals surface area contributed by atoms with E-state index in [2.05, 4.69) is 31.9 Å². The number of hydrogen-bond donors (Lipinski definition) is 1. The molecule has 112 valence electrons. The van der Waals surface area contributed by atoms with Crippen LogP contribution in [0.1, 0.15) is 18.5 Å².